The largest absolute Gasteiger partial charge is 0.452 e. The smallest absolute Gasteiger partial charge is 0.414 e. The summed E-state index contributed by atoms with van der Waals surface area (Å²) in [4.78, 5) is 13.7. The normalized spacial score (nSPS) is 22.8. The van der Waals surface area contributed by atoms with Crippen molar-refractivity contribution in [3.63, 3.8) is 0 Å². The molecule has 3 heterocycles. The maximum absolute atomic E-state index is 12.0. The molecule has 0 spiro atoms. The van der Waals surface area contributed by atoms with E-state index in [-0.39, 0.29) is 6.09 Å². The molecular weight excluding hydrogens is 328 g/mol. The number of methoxy groups -OCH3 is 1. The van der Waals surface area contributed by atoms with Gasteiger partial charge >= 0.3 is 6.09 Å². The van der Waals surface area contributed by atoms with Crippen LogP contribution in [-0.2, 0) is 11.2 Å². The third-order valence-electron chi connectivity index (χ3n) is 5.50. The number of hydrogen-bond donors (Lipinski definition) is 1. The van der Waals surface area contributed by atoms with Crippen LogP contribution in [0.3, 0.4) is 0 Å². The number of carbonyl (C=O) groups is 1. The van der Waals surface area contributed by atoms with Crippen molar-refractivity contribution >= 4 is 11.8 Å². The summed E-state index contributed by atoms with van der Waals surface area (Å²) in [6, 6.07) is 7.30. The first-order valence-electron chi connectivity index (χ1n) is 9.42. The zero-order valence-electron chi connectivity index (χ0n) is 15.4. The van der Waals surface area contributed by atoms with Crippen LogP contribution in [0.2, 0.25) is 0 Å². The van der Waals surface area contributed by atoms with Crippen LogP contribution in [0.25, 0.3) is 11.1 Å². The Hall–Kier alpha value is -2.34. The second-order valence-corrected chi connectivity index (χ2v) is 7.31. The molecule has 0 aliphatic carbocycles. The molecule has 1 amide bonds. The van der Waals surface area contributed by atoms with Gasteiger partial charge in [0.2, 0.25) is 0 Å². The number of carbonyl (C=O) groups excluding carboxylic acids is 1. The lowest BCUT2D eigenvalue weighted by atomic mass is 9.97. The van der Waals surface area contributed by atoms with Crippen LogP contribution in [0.4, 0.5) is 10.5 Å². The van der Waals surface area contributed by atoms with Gasteiger partial charge in [0, 0.05) is 24.3 Å². The molecule has 1 aromatic heterocycles. The van der Waals surface area contributed by atoms with E-state index in [9.17, 15) is 4.79 Å². The van der Waals surface area contributed by atoms with Crippen molar-refractivity contribution in [2.75, 3.05) is 25.1 Å². The summed E-state index contributed by atoms with van der Waals surface area (Å²) in [6.45, 7) is 3.99. The second kappa shape index (κ2) is 7.11. The van der Waals surface area contributed by atoms with Gasteiger partial charge in [-0.1, -0.05) is 6.07 Å². The summed E-state index contributed by atoms with van der Waals surface area (Å²) in [5.74, 6) is 0. The molecule has 1 saturated heterocycles. The van der Waals surface area contributed by atoms with Crippen LogP contribution in [-0.4, -0.2) is 42.1 Å². The fraction of sp³-hybridized carbons (Fsp3) is 0.500. The summed E-state index contributed by atoms with van der Waals surface area (Å²) in [7, 11) is 1.43. The summed E-state index contributed by atoms with van der Waals surface area (Å²) < 4.78 is 7.03. The molecule has 6 nitrogen and oxygen atoms in total. The Morgan fingerprint density at radius 2 is 2.23 bits per heavy atom. The molecule has 0 unspecified atom stereocenters. The molecular formula is C20H26N4O2. The summed E-state index contributed by atoms with van der Waals surface area (Å²) in [6.07, 6.45) is 7.99. The number of anilines is 1. The Bertz CT molecular complexity index is 801. The molecule has 0 saturated carbocycles. The maximum atomic E-state index is 12.0. The Morgan fingerprint density at radius 3 is 3.04 bits per heavy atom. The van der Waals surface area contributed by atoms with Crippen LogP contribution < -0.4 is 10.2 Å². The number of piperidine rings is 1. The van der Waals surface area contributed by atoms with Gasteiger partial charge in [-0.15, -0.1) is 0 Å². The van der Waals surface area contributed by atoms with Crippen molar-refractivity contribution in [1.82, 2.24) is 15.1 Å². The van der Waals surface area contributed by atoms with Crippen molar-refractivity contribution in [3.05, 3.63) is 36.2 Å². The predicted octanol–water partition coefficient (Wildman–Crippen LogP) is 3.38. The predicted molar refractivity (Wildman–Crippen MR) is 101 cm³/mol. The maximum Gasteiger partial charge on any atom is 0.414 e. The quantitative estimate of drug-likeness (QED) is 0.898. The highest BCUT2D eigenvalue weighted by Crippen LogP contribution is 2.32. The highest BCUT2D eigenvalue weighted by Gasteiger charge is 2.24. The van der Waals surface area contributed by atoms with E-state index in [1.165, 1.54) is 12.7 Å². The molecule has 1 N–H and O–H groups in total. The van der Waals surface area contributed by atoms with Crippen LogP contribution in [0, 0.1) is 0 Å². The number of nitrogens with zero attached hydrogens (tertiary/aromatic N) is 3. The standard InChI is InChI=1S/C20H26N4O2/c1-14-10-18(7-8-21-14)24-13-17(12-22-24)15-5-6-19-16(11-15)4-3-9-23(19)20(25)26-2/h5-6,11-14,18,21H,3-4,7-10H2,1-2H3/t14-,18+/m1/s1. The van der Waals surface area contributed by atoms with E-state index in [1.54, 1.807) is 4.90 Å². The van der Waals surface area contributed by atoms with Crippen molar-refractivity contribution in [2.24, 2.45) is 0 Å². The molecule has 2 atom stereocenters. The third-order valence-corrected chi connectivity index (χ3v) is 5.50. The highest BCUT2D eigenvalue weighted by molar-refractivity contribution is 5.89. The number of ether oxygens (including phenoxy) is 1. The van der Waals surface area contributed by atoms with E-state index in [2.05, 4.69) is 40.4 Å². The number of benzene rings is 1. The summed E-state index contributed by atoms with van der Waals surface area (Å²) in [5.41, 5.74) is 4.45. The first-order chi connectivity index (χ1) is 12.7. The topological polar surface area (TPSA) is 59.4 Å². The first kappa shape index (κ1) is 17.1. The highest BCUT2D eigenvalue weighted by atomic mass is 16.5. The van der Waals surface area contributed by atoms with E-state index in [0.717, 1.165) is 49.0 Å². The molecule has 0 bridgehead atoms. The van der Waals surface area contributed by atoms with Crippen molar-refractivity contribution in [3.8, 4) is 11.1 Å². The lowest BCUT2D eigenvalue weighted by Gasteiger charge is -2.28. The van der Waals surface area contributed by atoms with Crippen LogP contribution in [0.15, 0.2) is 30.6 Å². The number of aryl methyl sites for hydroxylation is 1. The SMILES string of the molecule is COC(=O)N1CCCc2cc(-c3cnn([C@H]4CCN[C@H](C)C4)c3)ccc21. The Balaban J connectivity index is 1.58. The lowest BCUT2D eigenvalue weighted by molar-refractivity contribution is 0.178. The van der Waals surface area contributed by atoms with Crippen molar-refractivity contribution in [1.29, 1.82) is 0 Å². The van der Waals surface area contributed by atoms with E-state index in [4.69, 9.17) is 4.74 Å². The second-order valence-electron chi connectivity index (χ2n) is 7.31. The zero-order chi connectivity index (χ0) is 18.1. The molecule has 1 fully saturated rings. The fourth-order valence-corrected chi connectivity index (χ4v) is 4.11. The Kier molecular flexibility index (Phi) is 4.68. The zero-order valence-corrected chi connectivity index (χ0v) is 15.4. The van der Waals surface area contributed by atoms with Crippen molar-refractivity contribution < 1.29 is 9.53 Å². The van der Waals surface area contributed by atoms with E-state index >= 15 is 0 Å². The Morgan fingerprint density at radius 1 is 1.35 bits per heavy atom. The average molecular weight is 354 g/mol. The molecule has 2 aliphatic rings. The van der Waals surface area contributed by atoms with Crippen LogP contribution in [0.5, 0.6) is 0 Å². The van der Waals surface area contributed by atoms with Gasteiger partial charge in [0.05, 0.1) is 25.0 Å². The molecule has 1 aromatic carbocycles. The number of fused-ring (bicyclic) bond motifs is 1. The van der Waals surface area contributed by atoms with Gasteiger partial charge in [-0.25, -0.2) is 4.79 Å². The van der Waals surface area contributed by atoms with Gasteiger partial charge in [-0.05, 0) is 62.4 Å². The number of nitrogens with one attached hydrogen (secondary N) is 1. The number of aromatic nitrogens is 2. The van der Waals surface area contributed by atoms with E-state index in [0.29, 0.717) is 18.6 Å². The van der Waals surface area contributed by atoms with Gasteiger partial charge in [0.15, 0.2) is 0 Å². The number of hydrogen-bond acceptors (Lipinski definition) is 4. The third kappa shape index (κ3) is 3.21. The number of rotatable bonds is 2. The Labute approximate surface area is 154 Å². The van der Waals surface area contributed by atoms with Gasteiger partial charge in [-0.2, -0.15) is 5.10 Å². The number of amides is 1. The van der Waals surface area contributed by atoms with Gasteiger partial charge in [0.25, 0.3) is 0 Å². The fourth-order valence-electron chi connectivity index (χ4n) is 4.11. The summed E-state index contributed by atoms with van der Waals surface area (Å²) >= 11 is 0. The minimum Gasteiger partial charge on any atom is -0.452 e. The van der Waals surface area contributed by atoms with Crippen LogP contribution in [0.1, 0.15) is 37.8 Å². The minimum atomic E-state index is -0.286. The van der Waals surface area contributed by atoms with Crippen LogP contribution >= 0.6 is 0 Å². The van der Waals surface area contributed by atoms with Crippen molar-refractivity contribution in [2.45, 2.75) is 44.7 Å². The monoisotopic (exact) mass is 354 g/mol. The molecule has 4 rings (SSSR count). The van der Waals surface area contributed by atoms with E-state index < -0.39 is 0 Å². The molecule has 138 valence electrons. The molecule has 2 aromatic rings. The first-order valence-corrected chi connectivity index (χ1v) is 9.42. The summed E-state index contributed by atoms with van der Waals surface area (Å²) in [5, 5.41) is 8.11. The van der Waals surface area contributed by atoms with Gasteiger partial charge < -0.3 is 10.1 Å². The molecule has 0 radical (unpaired) electrons. The minimum absolute atomic E-state index is 0.286. The average Bonchev–Trinajstić information content (AvgIpc) is 3.17. The van der Waals surface area contributed by atoms with E-state index in [1.807, 2.05) is 12.3 Å². The molecule has 6 heteroatoms. The van der Waals surface area contributed by atoms with Gasteiger partial charge in [0.1, 0.15) is 0 Å². The van der Waals surface area contributed by atoms with Gasteiger partial charge in [-0.3, -0.25) is 9.58 Å². The lowest BCUT2D eigenvalue weighted by Crippen LogP contribution is -2.36. The molecule has 26 heavy (non-hydrogen) atoms. The molecule has 2 aliphatic heterocycles.